The Bertz CT molecular complexity index is 1270. The van der Waals surface area contributed by atoms with E-state index in [-0.39, 0.29) is 17.4 Å². The molecule has 2 aromatic heterocycles. The third-order valence-electron chi connectivity index (χ3n) is 5.78. The van der Waals surface area contributed by atoms with Crippen LogP contribution in [0.2, 0.25) is 0 Å². The van der Waals surface area contributed by atoms with Gasteiger partial charge in [0, 0.05) is 42.4 Å². The lowest BCUT2D eigenvalue weighted by molar-refractivity contribution is -0.384. The maximum Gasteiger partial charge on any atom is 0.410 e. The summed E-state index contributed by atoms with van der Waals surface area (Å²) in [4.78, 5) is 42.4. The smallest absolute Gasteiger partial charge is 0.410 e. The number of nitro benzene ring substituents is 1. The lowest BCUT2D eigenvalue weighted by Gasteiger charge is -2.32. The van der Waals surface area contributed by atoms with Crippen molar-refractivity contribution in [3.8, 4) is 5.69 Å². The lowest BCUT2D eigenvalue weighted by Crippen LogP contribution is -2.43. The number of fused-ring (bicyclic) bond motifs is 1. The van der Waals surface area contributed by atoms with E-state index in [2.05, 4.69) is 4.98 Å². The highest BCUT2D eigenvalue weighted by Gasteiger charge is 2.32. The van der Waals surface area contributed by atoms with Gasteiger partial charge < -0.3 is 14.2 Å². The zero-order chi connectivity index (χ0) is 24.6. The first-order chi connectivity index (χ1) is 16.0. The standard InChI is InChI=1S/C24H25FN4O5/c1-24(2,3)34-23(31)27-10-7-15(8-11-27)22(30)18-14-28(21-13-26-9-6-17(18)21)19-5-4-16(25)12-20(19)29(32)33/h4-6,9,12-15H,7-8,10-11H2,1-3H3. The maximum atomic E-state index is 13.7. The molecule has 1 fully saturated rings. The summed E-state index contributed by atoms with van der Waals surface area (Å²) in [6, 6.07) is 4.99. The molecule has 3 heterocycles. The highest BCUT2D eigenvalue weighted by atomic mass is 19.1. The van der Waals surface area contributed by atoms with Gasteiger partial charge in [0.25, 0.3) is 5.69 Å². The van der Waals surface area contributed by atoms with Gasteiger partial charge in [0.1, 0.15) is 17.1 Å². The fourth-order valence-corrected chi connectivity index (χ4v) is 4.19. The van der Waals surface area contributed by atoms with Crippen LogP contribution in [0.4, 0.5) is 14.9 Å². The number of nitro groups is 1. The molecule has 1 aliphatic heterocycles. The summed E-state index contributed by atoms with van der Waals surface area (Å²) in [7, 11) is 0. The fraction of sp³-hybridized carbons (Fsp3) is 0.375. The Morgan fingerprint density at radius 2 is 1.91 bits per heavy atom. The van der Waals surface area contributed by atoms with Gasteiger partial charge in [-0.3, -0.25) is 19.9 Å². The van der Waals surface area contributed by atoms with E-state index in [9.17, 15) is 24.1 Å². The highest BCUT2D eigenvalue weighted by molar-refractivity contribution is 6.09. The molecule has 0 aliphatic carbocycles. The minimum Gasteiger partial charge on any atom is -0.444 e. The number of pyridine rings is 1. The van der Waals surface area contributed by atoms with Crippen molar-refractivity contribution < 1.29 is 23.6 Å². The Labute approximate surface area is 195 Å². The number of aromatic nitrogens is 2. The largest absolute Gasteiger partial charge is 0.444 e. The molecule has 1 aliphatic rings. The van der Waals surface area contributed by atoms with Crippen LogP contribution in [0.25, 0.3) is 16.6 Å². The Balaban J connectivity index is 1.63. The molecule has 0 radical (unpaired) electrons. The van der Waals surface area contributed by atoms with E-state index in [0.717, 1.165) is 12.1 Å². The van der Waals surface area contributed by atoms with Gasteiger partial charge in [0.15, 0.2) is 5.78 Å². The van der Waals surface area contributed by atoms with Crippen molar-refractivity contribution >= 4 is 28.5 Å². The van der Waals surface area contributed by atoms with Crippen molar-refractivity contribution in [3.63, 3.8) is 0 Å². The number of ether oxygens (including phenoxy) is 1. The molecule has 0 bridgehead atoms. The summed E-state index contributed by atoms with van der Waals surface area (Å²) < 4.78 is 20.6. The summed E-state index contributed by atoms with van der Waals surface area (Å²) in [6.45, 7) is 6.20. The van der Waals surface area contributed by atoms with Crippen molar-refractivity contribution in [2.24, 2.45) is 5.92 Å². The minimum absolute atomic E-state index is 0.108. The van der Waals surface area contributed by atoms with Gasteiger partial charge in [-0.2, -0.15) is 0 Å². The number of hydrogen-bond donors (Lipinski definition) is 0. The van der Waals surface area contributed by atoms with Crippen molar-refractivity contribution in [3.05, 3.63) is 64.4 Å². The van der Waals surface area contributed by atoms with E-state index in [1.54, 1.807) is 44.1 Å². The first kappa shape index (κ1) is 23.3. The number of rotatable bonds is 4. The molecule has 0 N–H and O–H groups in total. The second-order valence-corrected chi connectivity index (χ2v) is 9.30. The molecule has 0 spiro atoms. The molecule has 1 aromatic carbocycles. The van der Waals surface area contributed by atoms with Crippen LogP contribution in [0, 0.1) is 21.8 Å². The molecule has 0 atom stereocenters. The molecule has 0 unspecified atom stereocenters. The monoisotopic (exact) mass is 468 g/mol. The first-order valence-electron chi connectivity index (χ1n) is 11.0. The number of piperidine rings is 1. The summed E-state index contributed by atoms with van der Waals surface area (Å²) in [6.07, 6.45) is 5.18. The predicted molar refractivity (Wildman–Crippen MR) is 123 cm³/mol. The number of carbonyl (C=O) groups is 2. The zero-order valence-electron chi connectivity index (χ0n) is 19.2. The van der Waals surface area contributed by atoms with Crippen molar-refractivity contribution in [2.45, 2.75) is 39.2 Å². The van der Waals surface area contributed by atoms with Crippen LogP contribution in [0.5, 0.6) is 0 Å². The van der Waals surface area contributed by atoms with Crippen LogP contribution in [0.15, 0.2) is 42.9 Å². The van der Waals surface area contributed by atoms with Crippen LogP contribution >= 0.6 is 0 Å². The molecule has 0 saturated carbocycles. The van der Waals surface area contributed by atoms with Gasteiger partial charge in [-0.1, -0.05) is 0 Å². The summed E-state index contributed by atoms with van der Waals surface area (Å²) >= 11 is 0. The quantitative estimate of drug-likeness (QED) is 0.306. The number of carbonyl (C=O) groups excluding carboxylic acids is 2. The third kappa shape index (κ3) is 4.61. The number of Topliss-reactive ketones (excluding diaryl/α,β-unsaturated/α-hetero) is 1. The van der Waals surface area contributed by atoms with E-state index >= 15 is 0 Å². The fourth-order valence-electron chi connectivity index (χ4n) is 4.19. The molecule has 10 heteroatoms. The molecule has 1 amide bonds. The van der Waals surface area contributed by atoms with E-state index < -0.39 is 28.1 Å². The molecule has 34 heavy (non-hydrogen) atoms. The zero-order valence-corrected chi connectivity index (χ0v) is 19.2. The number of amides is 1. The summed E-state index contributed by atoms with van der Waals surface area (Å²) in [5, 5.41) is 12.1. The normalized spacial score (nSPS) is 14.9. The number of halogens is 1. The molecule has 9 nitrogen and oxygen atoms in total. The van der Waals surface area contributed by atoms with Gasteiger partial charge in [-0.15, -0.1) is 0 Å². The van der Waals surface area contributed by atoms with E-state index in [1.807, 2.05) is 0 Å². The third-order valence-corrected chi connectivity index (χ3v) is 5.78. The van der Waals surface area contributed by atoms with E-state index in [0.29, 0.717) is 42.4 Å². The number of hydrogen-bond acceptors (Lipinski definition) is 6. The van der Waals surface area contributed by atoms with Crippen LogP contribution < -0.4 is 0 Å². The molecular weight excluding hydrogens is 443 g/mol. The molecule has 1 saturated heterocycles. The topological polar surface area (TPSA) is 108 Å². The van der Waals surface area contributed by atoms with Gasteiger partial charge in [-0.25, -0.2) is 9.18 Å². The van der Waals surface area contributed by atoms with Crippen molar-refractivity contribution in [1.82, 2.24) is 14.5 Å². The second kappa shape index (κ2) is 8.85. The van der Waals surface area contributed by atoms with Crippen molar-refractivity contribution in [1.29, 1.82) is 0 Å². The van der Waals surface area contributed by atoms with Crippen LogP contribution in [-0.4, -0.2) is 49.9 Å². The number of nitrogens with zero attached hydrogens (tertiary/aromatic N) is 4. The van der Waals surface area contributed by atoms with Gasteiger partial charge in [0.2, 0.25) is 0 Å². The Morgan fingerprint density at radius 3 is 2.56 bits per heavy atom. The number of likely N-dealkylation sites (tertiary alicyclic amines) is 1. The minimum atomic E-state index is -0.724. The SMILES string of the molecule is CC(C)(C)OC(=O)N1CCC(C(=O)c2cn(-c3ccc(F)cc3[N+](=O)[O-])c3cnccc23)CC1. The van der Waals surface area contributed by atoms with Crippen LogP contribution in [0.3, 0.4) is 0 Å². The van der Waals surface area contributed by atoms with Gasteiger partial charge in [0.05, 0.1) is 22.7 Å². The van der Waals surface area contributed by atoms with E-state index in [4.69, 9.17) is 4.74 Å². The first-order valence-corrected chi connectivity index (χ1v) is 11.0. The molecular formula is C24H25FN4O5. The Kier molecular flexibility index (Phi) is 6.07. The summed E-state index contributed by atoms with van der Waals surface area (Å²) in [5.41, 5.74) is 0.0508. The second-order valence-electron chi connectivity index (χ2n) is 9.30. The Morgan fingerprint density at radius 1 is 1.21 bits per heavy atom. The Hall–Kier alpha value is -3.82. The average molecular weight is 468 g/mol. The molecule has 3 aromatic rings. The molecule has 4 rings (SSSR count). The number of ketones is 1. The van der Waals surface area contributed by atoms with Crippen LogP contribution in [0.1, 0.15) is 44.0 Å². The number of benzene rings is 1. The lowest BCUT2D eigenvalue weighted by atomic mass is 9.89. The van der Waals surface area contributed by atoms with Gasteiger partial charge in [-0.05, 0) is 51.8 Å². The van der Waals surface area contributed by atoms with Crippen LogP contribution in [-0.2, 0) is 4.74 Å². The summed E-state index contributed by atoms with van der Waals surface area (Å²) in [5.74, 6) is -1.14. The van der Waals surface area contributed by atoms with E-state index in [1.165, 1.54) is 16.8 Å². The predicted octanol–water partition coefficient (Wildman–Crippen LogP) is 4.90. The highest BCUT2D eigenvalue weighted by Crippen LogP contribution is 2.33. The maximum absolute atomic E-state index is 13.7. The van der Waals surface area contributed by atoms with Crippen molar-refractivity contribution in [2.75, 3.05) is 13.1 Å². The average Bonchev–Trinajstić information content (AvgIpc) is 3.17. The molecule has 178 valence electrons. The van der Waals surface area contributed by atoms with Gasteiger partial charge >= 0.3 is 6.09 Å².